The largest absolute Gasteiger partial charge is 0.487 e. The van der Waals surface area contributed by atoms with Gasteiger partial charge in [0.2, 0.25) is 0 Å². The maximum atomic E-state index is 10.8. The van der Waals surface area contributed by atoms with Crippen molar-refractivity contribution in [1.29, 1.82) is 0 Å². The lowest BCUT2D eigenvalue weighted by Gasteiger charge is -2.26. The number of rotatable bonds is 7. The van der Waals surface area contributed by atoms with Crippen LogP contribution in [0, 0.1) is 5.92 Å². The lowest BCUT2D eigenvalue weighted by Crippen LogP contribution is -2.20. The van der Waals surface area contributed by atoms with Gasteiger partial charge < -0.3 is 14.7 Å². The van der Waals surface area contributed by atoms with Crippen LogP contribution in [0.3, 0.4) is 0 Å². The minimum absolute atomic E-state index is 0.299. The van der Waals surface area contributed by atoms with Crippen molar-refractivity contribution in [2.75, 3.05) is 20.1 Å². The third kappa shape index (κ3) is 5.61. The molecule has 2 aliphatic rings. The van der Waals surface area contributed by atoms with Gasteiger partial charge in [-0.25, -0.2) is 4.98 Å². The van der Waals surface area contributed by atoms with Crippen LogP contribution in [-0.2, 0) is 24.2 Å². The third-order valence-corrected chi connectivity index (χ3v) is 7.68. The quantitative estimate of drug-likeness (QED) is 0.680. The zero-order valence-corrected chi connectivity index (χ0v) is 18.6. The highest BCUT2D eigenvalue weighted by molar-refractivity contribution is 7.09. The molecule has 1 saturated carbocycles. The Morgan fingerprint density at radius 3 is 2.73 bits per heavy atom. The van der Waals surface area contributed by atoms with Gasteiger partial charge in [0.05, 0.1) is 10.7 Å². The molecule has 0 radical (unpaired) electrons. The predicted molar refractivity (Wildman–Crippen MR) is 119 cm³/mol. The second-order valence-corrected chi connectivity index (χ2v) is 9.74. The molecular weight excluding hydrogens is 396 g/mol. The van der Waals surface area contributed by atoms with Crippen molar-refractivity contribution in [3.8, 4) is 5.75 Å². The highest BCUT2D eigenvalue weighted by Crippen LogP contribution is 2.38. The maximum Gasteiger partial charge on any atom is 0.303 e. The Hall–Kier alpha value is -1.92. The first kappa shape index (κ1) is 21.3. The Morgan fingerprint density at radius 2 is 1.97 bits per heavy atom. The molecule has 1 fully saturated rings. The molecule has 5 nitrogen and oxygen atoms in total. The van der Waals surface area contributed by atoms with Crippen LogP contribution in [-0.4, -0.2) is 41.1 Å². The van der Waals surface area contributed by atoms with E-state index in [9.17, 15) is 4.79 Å². The lowest BCUT2D eigenvalue weighted by molar-refractivity contribution is -0.137. The molecule has 4 rings (SSSR count). The third-order valence-electron chi connectivity index (χ3n) is 6.62. The molecular formula is C24H32N2O3S. The summed E-state index contributed by atoms with van der Waals surface area (Å²) in [4.78, 5) is 18.0. The number of fused-ring (bicyclic) bond motifs is 1. The Kier molecular flexibility index (Phi) is 7.05. The molecule has 6 heteroatoms. The molecule has 1 aromatic carbocycles. The van der Waals surface area contributed by atoms with Crippen LogP contribution in [0.1, 0.15) is 66.3 Å². The summed E-state index contributed by atoms with van der Waals surface area (Å²) in [5, 5.41) is 12.2. The molecule has 0 bridgehead atoms. The number of carboxylic acids is 1. The van der Waals surface area contributed by atoms with E-state index >= 15 is 0 Å². The Morgan fingerprint density at radius 1 is 1.20 bits per heavy atom. The van der Waals surface area contributed by atoms with Crippen molar-refractivity contribution in [3.63, 3.8) is 0 Å². The predicted octanol–water partition coefficient (Wildman–Crippen LogP) is 4.89. The molecule has 1 N–H and O–H groups in total. The molecule has 2 aromatic rings. The first-order valence-corrected chi connectivity index (χ1v) is 12.0. The summed E-state index contributed by atoms with van der Waals surface area (Å²) in [7, 11) is 2.19. The standard InChI is InChI=1S/C24H32N2O3S/c1-26-12-10-18-7-8-22(14-20(18)11-13-26)29-15-21-16-30-24(25-21)19-5-2-17(3-6-19)4-9-23(27)28/h7-8,14,16-17,19H,2-6,9-13,15H2,1H3,(H,27,28). The van der Waals surface area contributed by atoms with Crippen LogP contribution in [0.4, 0.5) is 0 Å². The van der Waals surface area contributed by atoms with Crippen molar-refractivity contribution < 1.29 is 14.6 Å². The van der Waals surface area contributed by atoms with E-state index in [1.54, 1.807) is 11.3 Å². The van der Waals surface area contributed by atoms with Gasteiger partial charge in [-0.1, -0.05) is 6.07 Å². The van der Waals surface area contributed by atoms with Gasteiger partial charge in [0.25, 0.3) is 0 Å². The van der Waals surface area contributed by atoms with E-state index in [2.05, 4.69) is 35.5 Å². The van der Waals surface area contributed by atoms with Crippen LogP contribution in [0.15, 0.2) is 23.6 Å². The number of carboxylic acid groups (broad SMARTS) is 1. The lowest BCUT2D eigenvalue weighted by atomic mass is 9.80. The summed E-state index contributed by atoms with van der Waals surface area (Å²) in [5.74, 6) is 1.35. The SMILES string of the molecule is CN1CCc2ccc(OCc3csc(C4CCC(CCC(=O)O)CC4)n3)cc2CC1. The summed E-state index contributed by atoms with van der Waals surface area (Å²) >= 11 is 1.75. The number of hydrogen-bond acceptors (Lipinski definition) is 5. The number of nitrogens with zero attached hydrogens (tertiary/aromatic N) is 2. The zero-order valence-electron chi connectivity index (χ0n) is 17.8. The smallest absolute Gasteiger partial charge is 0.303 e. The first-order valence-electron chi connectivity index (χ1n) is 11.2. The van der Waals surface area contributed by atoms with E-state index in [1.165, 1.54) is 16.1 Å². The first-order chi connectivity index (χ1) is 14.6. The van der Waals surface area contributed by atoms with E-state index in [0.717, 1.165) is 69.5 Å². The topological polar surface area (TPSA) is 62.7 Å². The van der Waals surface area contributed by atoms with Crippen molar-refractivity contribution in [2.24, 2.45) is 5.92 Å². The van der Waals surface area contributed by atoms with E-state index in [-0.39, 0.29) is 0 Å². The molecule has 0 saturated heterocycles. The van der Waals surface area contributed by atoms with Crippen LogP contribution >= 0.6 is 11.3 Å². The molecule has 1 aliphatic carbocycles. The number of hydrogen-bond donors (Lipinski definition) is 1. The van der Waals surface area contributed by atoms with Crippen LogP contribution in [0.25, 0.3) is 0 Å². The number of thiazole rings is 1. The fraction of sp³-hybridized carbons (Fsp3) is 0.583. The fourth-order valence-electron chi connectivity index (χ4n) is 4.66. The number of carbonyl (C=O) groups is 1. The zero-order chi connectivity index (χ0) is 20.9. The van der Waals surface area contributed by atoms with Gasteiger partial charge >= 0.3 is 5.97 Å². The van der Waals surface area contributed by atoms with Crippen molar-refractivity contribution in [3.05, 3.63) is 45.4 Å². The van der Waals surface area contributed by atoms with Crippen LogP contribution in [0.5, 0.6) is 5.75 Å². The van der Waals surface area contributed by atoms with Crippen LogP contribution in [0.2, 0.25) is 0 Å². The molecule has 0 spiro atoms. The van der Waals surface area contributed by atoms with Crippen molar-refractivity contribution in [2.45, 2.75) is 63.9 Å². The van der Waals surface area contributed by atoms with Gasteiger partial charge in [-0.2, -0.15) is 0 Å². The number of aliphatic carboxylic acids is 1. The van der Waals surface area contributed by atoms with Gasteiger partial charge in [-0.05, 0) is 81.2 Å². The number of ether oxygens (including phenoxy) is 1. The summed E-state index contributed by atoms with van der Waals surface area (Å²) in [6, 6.07) is 6.52. The van der Waals surface area contributed by atoms with Gasteiger partial charge in [0.15, 0.2) is 0 Å². The summed E-state index contributed by atoms with van der Waals surface area (Å²) < 4.78 is 6.07. The van der Waals surface area contributed by atoms with Gasteiger partial charge in [-0.15, -0.1) is 11.3 Å². The van der Waals surface area contributed by atoms with E-state index in [4.69, 9.17) is 14.8 Å². The van der Waals surface area contributed by atoms with Gasteiger partial charge in [0.1, 0.15) is 12.4 Å². The number of likely N-dealkylation sites (N-methyl/N-ethyl adjacent to an activating group) is 1. The maximum absolute atomic E-state index is 10.8. The minimum atomic E-state index is -0.677. The molecule has 1 aliphatic heterocycles. The average molecular weight is 429 g/mol. The normalized spacial score (nSPS) is 22.3. The van der Waals surface area contributed by atoms with E-state index in [1.807, 2.05) is 0 Å². The number of aromatic nitrogens is 1. The summed E-state index contributed by atoms with van der Waals surface area (Å²) in [6.07, 6.45) is 7.79. The molecule has 1 aromatic heterocycles. The van der Waals surface area contributed by atoms with Gasteiger partial charge in [0, 0.05) is 30.8 Å². The number of benzene rings is 1. The molecule has 0 unspecified atom stereocenters. The second-order valence-electron chi connectivity index (χ2n) is 8.85. The molecule has 0 amide bonds. The van der Waals surface area contributed by atoms with E-state index in [0.29, 0.717) is 24.9 Å². The average Bonchev–Trinajstić information content (AvgIpc) is 3.15. The fourth-order valence-corrected chi connectivity index (χ4v) is 5.64. The highest BCUT2D eigenvalue weighted by Gasteiger charge is 2.25. The van der Waals surface area contributed by atoms with Crippen molar-refractivity contribution >= 4 is 17.3 Å². The highest BCUT2D eigenvalue weighted by atomic mass is 32.1. The van der Waals surface area contributed by atoms with Crippen molar-refractivity contribution in [1.82, 2.24) is 9.88 Å². The van der Waals surface area contributed by atoms with Crippen LogP contribution < -0.4 is 4.74 Å². The summed E-state index contributed by atoms with van der Waals surface area (Å²) in [5.41, 5.74) is 3.87. The molecule has 30 heavy (non-hydrogen) atoms. The molecule has 2 heterocycles. The van der Waals surface area contributed by atoms with Gasteiger partial charge in [-0.3, -0.25) is 4.79 Å². The second kappa shape index (κ2) is 9.92. The monoisotopic (exact) mass is 428 g/mol. The Bertz CT molecular complexity index is 858. The summed E-state index contributed by atoms with van der Waals surface area (Å²) in [6.45, 7) is 2.74. The minimum Gasteiger partial charge on any atom is -0.487 e. The molecule has 0 atom stereocenters. The van der Waals surface area contributed by atoms with E-state index < -0.39 is 5.97 Å². The Balaban J connectivity index is 1.28. The molecule has 162 valence electrons. The Labute approximate surface area is 183 Å².